The SMILES string of the molecule is CC(NC(=O)C1CC1c1ccccc1F)c1ccc2ccccc2c1. The molecule has 0 aliphatic heterocycles. The van der Waals surface area contributed by atoms with Gasteiger partial charge in [0, 0.05) is 5.92 Å². The maximum atomic E-state index is 13.9. The third-order valence-corrected chi connectivity index (χ3v) is 5.06. The quantitative estimate of drug-likeness (QED) is 0.718. The second kappa shape index (κ2) is 6.32. The molecule has 1 N–H and O–H groups in total. The number of fused-ring (bicyclic) bond motifs is 1. The second-order valence-electron chi connectivity index (χ2n) is 6.81. The average molecular weight is 333 g/mol. The van der Waals surface area contributed by atoms with Gasteiger partial charge in [-0.05, 0) is 53.3 Å². The van der Waals surface area contributed by atoms with Crippen LogP contribution in [0.1, 0.15) is 36.4 Å². The van der Waals surface area contributed by atoms with Crippen molar-refractivity contribution in [1.29, 1.82) is 0 Å². The van der Waals surface area contributed by atoms with Crippen molar-refractivity contribution in [3.8, 4) is 0 Å². The van der Waals surface area contributed by atoms with Gasteiger partial charge in [-0.25, -0.2) is 4.39 Å². The van der Waals surface area contributed by atoms with E-state index in [2.05, 4.69) is 35.6 Å². The number of hydrogen-bond donors (Lipinski definition) is 1. The normalized spacial score (nSPS) is 20.2. The highest BCUT2D eigenvalue weighted by molar-refractivity contribution is 5.85. The van der Waals surface area contributed by atoms with Crippen molar-refractivity contribution in [3.05, 3.63) is 83.7 Å². The van der Waals surface area contributed by atoms with Gasteiger partial charge >= 0.3 is 0 Å². The summed E-state index contributed by atoms with van der Waals surface area (Å²) in [6.45, 7) is 1.99. The van der Waals surface area contributed by atoms with Crippen molar-refractivity contribution in [2.75, 3.05) is 0 Å². The molecule has 2 nitrogen and oxygen atoms in total. The zero-order valence-electron chi connectivity index (χ0n) is 14.1. The van der Waals surface area contributed by atoms with Gasteiger partial charge in [0.1, 0.15) is 5.82 Å². The number of carbonyl (C=O) groups excluding carboxylic acids is 1. The Morgan fingerprint density at radius 3 is 2.56 bits per heavy atom. The summed E-state index contributed by atoms with van der Waals surface area (Å²) in [5.41, 5.74) is 1.73. The summed E-state index contributed by atoms with van der Waals surface area (Å²) in [6.07, 6.45) is 0.719. The lowest BCUT2D eigenvalue weighted by atomic mass is 10.0. The first kappa shape index (κ1) is 15.8. The molecule has 0 heterocycles. The van der Waals surface area contributed by atoms with Gasteiger partial charge in [0.05, 0.1) is 6.04 Å². The first-order chi connectivity index (χ1) is 12.1. The number of rotatable bonds is 4. The van der Waals surface area contributed by atoms with Crippen molar-refractivity contribution in [1.82, 2.24) is 5.32 Å². The molecule has 3 aromatic rings. The first-order valence-electron chi connectivity index (χ1n) is 8.67. The minimum atomic E-state index is -0.217. The van der Waals surface area contributed by atoms with Gasteiger partial charge in [-0.15, -0.1) is 0 Å². The van der Waals surface area contributed by atoms with E-state index < -0.39 is 0 Å². The molecule has 25 heavy (non-hydrogen) atoms. The molecule has 0 saturated heterocycles. The van der Waals surface area contributed by atoms with E-state index in [4.69, 9.17) is 0 Å². The molecule has 4 rings (SSSR count). The summed E-state index contributed by atoms with van der Waals surface area (Å²) in [4.78, 5) is 12.5. The summed E-state index contributed by atoms with van der Waals surface area (Å²) in [5, 5.41) is 5.43. The Bertz CT molecular complexity index is 936. The van der Waals surface area contributed by atoms with E-state index in [0.717, 1.165) is 17.4 Å². The van der Waals surface area contributed by atoms with Crippen molar-refractivity contribution < 1.29 is 9.18 Å². The highest BCUT2D eigenvalue weighted by atomic mass is 19.1. The minimum absolute atomic E-state index is 0.00463. The lowest BCUT2D eigenvalue weighted by Gasteiger charge is -2.15. The van der Waals surface area contributed by atoms with Crippen molar-refractivity contribution >= 4 is 16.7 Å². The number of benzene rings is 3. The molecule has 0 spiro atoms. The van der Waals surface area contributed by atoms with Crippen LogP contribution in [0, 0.1) is 11.7 Å². The van der Waals surface area contributed by atoms with Gasteiger partial charge in [-0.1, -0.05) is 54.6 Å². The lowest BCUT2D eigenvalue weighted by molar-refractivity contribution is -0.123. The van der Waals surface area contributed by atoms with Crippen LogP contribution in [0.15, 0.2) is 66.7 Å². The maximum absolute atomic E-state index is 13.9. The molecule has 3 aromatic carbocycles. The lowest BCUT2D eigenvalue weighted by Crippen LogP contribution is -2.28. The molecule has 126 valence electrons. The van der Waals surface area contributed by atoms with Crippen LogP contribution in [-0.2, 0) is 4.79 Å². The number of halogens is 1. The van der Waals surface area contributed by atoms with Gasteiger partial charge in [-0.3, -0.25) is 4.79 Å². The van der Waals surface area contributed by atoms with Crippen LogP contribution in [0.25, 0.3) is 10.8 Å². The summed E-state index contributed by atoms with van der Waals surface area (Å²) < 4.78 is 13.9. The van der Waals surface area contributed by atoms with Crippen LogP contribution in [-0.4, -0.2) is 5.91 Å². The summed E-state index contributed by atoms with van der Waals surface area (Å²) >= 11 is 0. The number of carbonyl (C=O) groups is 1. The molecule has 3 unspecified atom stereocenters. The Kier molecular flexibility index (Phi) is 4.00. The molecule has 1 aliphatic carbocycles. The predicted molar refractivity (Wildman–Crippen MR) is 97.8 cm³/mol. The van der Waals surface area contributed by atoms with Crippen LogP contribution in [0.2, 0.25) is 0 Å². The van der Waals surface area contributed by atoms with E-state index in [0.29, 0.717) is 5.56 Å². The monoisotopic (exact) mass is 333 g/mol. The van der Waals surface area contributed by atoms with Gasteiger partial charge in [0.15, 0.2) is 0 Å². The molecule has 1 amide bonds. The number of nitrogens with one attached hydrogen (secondary N) is 1. The Morgan fingerprint density at radius 1 is 1.04 bits per heavy atom. The van der Waals surface area contributed by atoms with Crippen LogP contribution >= 0.6 is 0 Å². The van der Waals surface area contributed by atoms with E-state index >= 15 is 0 Å². The standard InChI is InChI=1S/C22H20FNO/c1-14(16-11-10-15-6-2-3-7-17(15)12-16)24-22(25)20-13-19(20)18-8-4-5-9-21(18)23/h2-12,14,19-20H,13H2,1H3,(H,24,25). The molecular formula is C22H20FNO. The molecule has 0 aromatic heterocycles. The highest BCUT2D eigenvalue weighted by Gasteiger charge is 2.45. The van der Waals surface area contributed by atoms with E-state index in [9.17, 15) is 9.18 Å². The average Bonchev–Trinajstić information content (AvgIpc) is 3.42. The summed E-state index contributed by atoms with van der Waals surface area (Å²) in [7, 11) is 0. The fourth-order valence-corrected chi connectivity index (χ4v) is 3.49. The molecule has 0 bridgehead atoms. The zero-order chi connectivity index (χ0) is 17.4. The minimum Gasteiger partial charge on any atom is -0.349 e. The fraction of sp³-hybridized carbons (Fsp3) is 0.227. The molecular weight excluding hydrogens is 313 g/mol. The van der Waals surface area contributed by atoms with Gasteiger partial charge in [0.25, 0.3) is 0 Å². The second-order valence-corrected chi connectivity index (χ2v) is 6.81. The molecule has 0 radical (unpaired) electrons. The van der Waals surface area contributed by atoms with Crippen LogP contribution in [0.3, 0.4) is 0 Å². The van der Waals surface area contributed by atoms with Crippen LogP contribution in [0.5, 0.6) is 0 Å². The maximum Gasteiger partial charge on any atom is 0.224 e. The van der Waals surface area contributed by atoms with E-state index in [1.165, 1.54) is 11.5 Å². The highest BCUT2D eigenvalue weighted by Crippen LogP contribution is 2.48. The van der Waals surface area contributed by atoms with Crippen molar-refractivity contribution in [2.24, 2.45) is 5.92 Å². The third-order valence-electron chi connectivity index (χ3n) is 5.06. The van der Waals surface area contributed by atoms with Gasteiger partial charge in [-0.2, -0.15) is 0 Å². The fourth-order valence-electron chi connectivity index (χ4n) is 3.49. The smallest absolute Gasteiger partial charge is 0.224 e. The largest absolute Gasteiger partial charge is 0.349 e. The van der Waals surface area contributed by atoms with Crippen LogP contribution in [0.4, 0.5) is 4.39 Å². The third kappa shape index (κ3) is 3.14. The Labute approximate surface area is 146 Å². The molecule has 3 heteroatoms. The topological polar surface area (TPSA) is 29.1 Å². The van der Waals surface area contributed by atoms with Crippen molar-refractivity contribution in [3.63, 3.8) is 0 Å². The Morgan fingerprint density at radius 2 is 1.76 bits per heavy atom. The van der Waals surface area contributed by atoms with E-state index in [1.807, 2.05) is 25.1 Å². The van der Waals surface area contributed by atoms with E-state index in [1.54, 1.807) is 12.1 Å². The van der Waals surface area contributed by atoms with E-state index in [-0.39, 0.29) is 29.6 Å². The van der Waals surface area contributed by atoms with Gasteiger partial charge in [0.2, 0.25) is 5.91 Å². The predicted octanol–water partition coefficient (Wildman–Crippen LogP) is 4.96. The summed E-state index contributed by atoms with van der Waals surface area (Å²) in [6, 6.07) is 21.1. The van der Waals surface area contributed by atoms with Crippen molar-refractivity contribution in [2.45, 2.75) is 25.3 Å². The molecule has 1 fully saturated rings. The molecule has 1 aliphatic rings. The zero-order valence-corrected chi connectivity index (χ0v) is 14.1. The molecule has 1 saturated carbocycles. The number of amides is 1. The van der Waals surface area contributed by atoms with Crippen LogP contribution < -0.4 is 5.32 Å². The molecule has 3 atom stereocenters. The number of hydrogen-bond acceptors (Lipinski definition) is 1. The van der Waals surface area contributed by atoms with Gasteiger partial charge < -0.3 is 5.32 Å². The Balaban J connectivity index is 1.45. The Hall–Kier alpha value is -2.68. The first-order valence-corrected chi connectivity index (χ1v) is 8.67. The summed E-state index contributed by atoms with van der Waals surface area (Å²) in [5.74, 6) is -0.330.